The van der Waals surface area contributed by atoms with Crippen LogP contribution in [-0.4, -0.2) is 38.1 Å². The van der Waals surface area contributed by atoms with Gasteiger partial charge in [-0.1, -0.05) is 0 Å². The van der Waals surface area contributed by atoms with Crippen molar-refractivity contribution < 1.29 is 33.1 Å². The Balaban J connectivity index is 1.56. The first-order valence-corrected chi connectivity index (χ1v) is 8.57. The molecule has 0 bridgehead atoms. The van der Waals surface area contributed by atoms with Crippen molar-refractivity contribution in [3.63, 3.8) is 0 Å². The maximum atomic E-state index is 12.4. The Kier molecular flexibility index (Phi) is 4.84. The second-order valence-corrected chi connectivity index (χ2v) is 6.08. The molecule has 11 nitrogen and oxygen atoms in total. The number of carbonyl (C=O) groups excluding carboxylic acids is 1. The molecule has 30 heavy (non-hydrogen) atoms. The maximum Gasteiger partial charge on any atom is 0.307 e. The first-order chi connectivity index (χ1) is 14.5. The molecular formula is C19H15N3O8. The Morgan fingerprint density at radius 3 is 2.57 bits per heavy atom. The Morgan fingerprint density at radius 1 is 1.13 bits per heavy atom. The fraction of sp³-hybridized carbons (Fsp3) is 0.158. The lowest BCUT2D eigenvalue weighted by molar-refractivity contribution is -0.384. The molecule has 1 N–H and O–H groups in total. The smallest absolute Gasteiger partial charge is 0.307 e. The highest BCUT2D eigenvalue weighted by molar-refractivity contribution is 5.98. The van der Waals surface area contributed by atoms with Crippen LogP contribution in [0.5, 0.6) is 23.0 Å². The first-order valence-electron chi connectivity index (χ1n) is 8.57. The largest absolute Gasteiger partial charge is 0.496 e. The van der Waals surface area contributed by atoms with E-state index in [0.29, 0.717) is 28.2 Å². The number of methoxy groups -OCH3 is 2. The summed E-state index contributed by atoms with van der Waals surface area (Å²) in [5, 5.41) is 15.3. The number of non-ortho nitro benzene ring substituents is 1. The van der Waals surface area contributed by atoms with E-state index in [0.717, 1.165) is 0 Å². The summed E-state index contributed by atoms with van der Waals surface area (Å²) in [6.45, 7) is 0.115. The molecular weight excluding hydrogens is 398 g/mol. The zero-order valence-electron chi connectivity index (χ0n) is 15.8. The SMILES string of the molecule is COc1cc2c(cc1/C=N/NC(=O)c1cc3cc([N+](=O)[O-])cc(OC)c3o1)OCO2. The molecule has 0 fully saturated rings. The third-order valence-electron chi connectivity index (χ3n) is 4.32. The van der Waals surface area contributed by atoms with E-state index in [1.807, 2.05) is 0 Å². The van der Waals surface area contributed by atoms with Crippen molar-refractivity contribution in [3.8, 4) is 23.0 Å². The van der Waals surface area contributed by atoms with Crippen LogP contribution in [0.2, 0.25) is 0 Å². The summed E-state index contributed by atoms with van der Waals surface area (Å²) in [6, 6.07) is 7.21. The predicted molar refractivity (Wildman–Crippen MR) is 104 cm³/mol. The number of nitrogens with zero attached hydrogens (tertiary/aromatic N) is 2. The molecule has 2 heterocycles. The van der Waals surface area contributed by atoms with Crippen LogP contribution in [0.25, 0.3) is 11.0 Å². The van der Waals surface area contributed by atoms with Crippen molar-refractivity contribution in [1.29, 1.82) is 0 Å². The monoisotopic (exact) mass is 413 g/mol. The number of benzene rings is 2. The number of hydrogen-bond acceptors (Lipinski definition) is 9. The fourth-order valence-corrected chi connectivity index (χ4v) is 2.91. The van der Waals surface area contributed by atoms with Crippen LogP contribution in [0.15, 0.2) is 39.9 Å². The van der Waals surface area contributed by atoms with Gasteiger partial charge in [0.25, 0.3) is 5.69 Å². The number of ether oxygens (including phenoxy) is 4. The maximum absolute atomic E-state index is 12.4. The predicted octanol–water partition coefficient (Wildman–Crippen LogP) is 2.85. The lowest BCUT2D eigenvalue weighted by Gasteiger charge is -2.06. The van der Waals surface area contributed by atoms with Gasteiger partial charge in [-0.3, -0.25) is 14.9 Å². The molecule has 2 aromatic carbocycles. The van der Waals surface area contributed by atoms with Gasteiger partial charge < -0.3 is 23.4 Å². The van der Waals surface area contributed by atoms with Gasteiger partial charge in [-0.15, -0.1) is 0 Å². The van der Waals surface area contributed by atoms with Gasteiger partial charge in [0.05, 0.1) is 31.4 Å². The van der Waals surface area contributed by atoms with E-state index in [2.05, 4.69) is 10.5 Å². The molecule has 11 heteroatoms. The van der Waals surface area contributed by atoms with E-state index in [1.54, 1.807) is 12.1 Å². The average molecular weight is 413 g/mol. The number of hydrogen-bond donors (Lipinski definition) is 1. The number of nitrogens with one attached hydrogen (secondary N) is 1. The van der Waals surface area contributed by atoms with E-state index >= 15 is 0 Å². The molecule has 3 aromatic rings. The highest BCUT2D eigenvalue weighted by Gasteiger charge is 2.20. The molecule has 0 saturated heterocycles. The van der Waals surface area contributed by atoms with E-state index in [9.17, 15) is 14.9 Å². The summed E-state index contributed by atoms with van der Waals surface area (Å²) in [5.74, 6) is 0.989. The first kappa shape index (κ1) is 19.1. The lowest BCUT2D eigenvalue weighted by atomic mass is 10.2. The van der Waals surface area contributed by atoms with Gasteiger partial charge in [-0.05, 0) is 12.1 Å². The molecule has 0 spiro atoms. The minimum atomic E-state index is -0.646. The summed E-state index contributed by atoms with van der Waals surface area (Å²) >= 11 is 0. The number of nitro groups is 1. The van der Waals surface area contributed by atoms with Gasteiger partial charge in [0, 0.05) is 23.1 Å². The topological polar surface area (TPSA) is 135 Å². The Hall–Kier alpha value is -4.28. The highest BCUT2D eigenvalue weighted by atomic mass is 16.7. The van der Waals surface area contributed by atoms with Crippen LogP contribution in [-0.2, 0) is 0 Å². The molecule has 1 amide bonds. The summed E-state index contributed by atoms with van der Waals surface area (Å²) < 4.78 is 26.5. The fourth-order valence-electron chi connectivity index (χ4n) is 2.91. The molecule has 0 saturated carbocycles. The van der Waals surface area contributed by atoms with Crippen LogP contribution in [0.4, 0.5) is 5.69 Å². The normalized spacial score (nSPS) is 12.3. The summed E-state index contributed by atoms with van der Waals surface area (Å²) in [7, 11) is 2.85. The third kappa shape index (κ3) is 3.43. The molecule has 1 aliphatic rings. The number of rotatable bonds is 6. The molecule has 0 atom stereocenters. The van der Waals surface area contributed by atoms with E-state index < -0.39 is 10.8 Å². The third-order valence-corrected chi connectivity index (χ3v) is 4.32. The Bertz CT molecular complexity index is 1180. The highest BCUT2D eigenvalue weighted by Crippen LogP contribution is 2.37. The Labute approximate surface area is 168 Å². The van der Waals surface area contributed by atoms with Crippen LogP contribution in [0.1, 0.15) is 16.1 Å². The second kappa shape index (κ2) is 7.62. The number of nitro benzene ring substituents is 1. The van der Waals surface area contributed by atoms with Gasteiger partial charge in [0.1, 0.15) is 5.75 Å². The van der Waals surface area contributed by atoms with Crippen molar-refractivity contribution in [2.75, 3.05) is 21.0 Å². The van der Waals surface area contributed by atoms with Crippen LogP contribution in [0.3, 0.4) is 0 Å². The summed E-state index contributed by atoms with van der Waals surface area (Å²) in [6.07, 6.45) is 1.38. The number of hydrazone groups is 1. The molecule has 154 valence electrons. The number of amides is 1. The van der Waals surface area contributed by atoms with Gasteiger partial charge in [0.15, 0.2) is 28.6 Å². The van der Waals surface area contributed by atoms with E-state index in [4.69, 9.17) is 23.4 Å². The van der Waals surface area contributed by atoms with Crippen LogP contribution in [0, 0.1) is 10.1 Å². The number of carbonyl (C=O) groups is 1. The average Bonchev–Trinajstić information content (AvgIpc) is 3.38. The molecule has 1 aliphatic heterocycles. The van der Waals surface area contributed by atoms with Crippen LogP contribution >= 0.6 is 0 Å². The Morgan fingerprint density at radius 2 is 1.87 bits per heavy atom. The number of furan rings is 1. The molecule has 0 radical (unpaired) electrons. The van der Waals surface area contributed by atoms with Crippen molar-refractivity contribution in [2.24, 2.45) is 5.10 Å². The van der Waals surface area contributed by atoms with Gasteiger partial charge >= 0.3 is 5.91 Å². The van der Waals surface area contributed by atoms with Crippen molar-refractivity contribution >= 4 is 28.8 Å². The zero-order valence-corrected chi connectivity index (χ0v) is 15.8. The van der Waals surface area contributed by atoms with Gasteiger partial charge in [-0.25, -0.2) is 5.43 Å². The summed E-state index contributed by atoms with van der Waals surface area (Å²) in [4.78, 5) is 22.9. The number of fused-ring (bicyclic) bond motifs is 2. The van der Waals surface area contributed by atoms with Crippen LogP contribution < -0.4 is 24.4 Å². The van der Waals surface area contributed by atoms with Gasteiger partial charge in [0.2, 0.25) is 6.79 Å². The summed E-state index contributed by atoms with van der Waals surface area (Å²) in [5.41, 5.74) is 2.93. The molecule has 1 aromatic heterocycles. The molecule has 4 rings (SSSR count). The standard InChI is InChI=1S/C19H15N3O8/c1-26-13-7-15-14(28-9-29-15)5-11(13)8-20-21-19(23)17-4-10-3-12(22(24)25)6-16(27-2)18(10)30-17/h3-8H,9H2,1-2H3,(H,21,23)/b20-8+. The van der Waals surface area contributed by atoms with Crippen molar-refractivity contribution in [2.45, 2.75) is 0 Å². The quantitative estimate of drug-likeness (QED) is 0.370. The van der Waals surface area contributed by atoms with E-state index in [1.165, 1.54) is 38.6 Å². The molecule has 0 aliphatic carbocycles. The minimum Gasteiger partial charge on any atom is -0.496 e. The minimum absolute atomic E-state index is 0.0846. The second-order valence-electron chi connectivity index (χ2n) is 6.08. The van der Waals surface area contributed by atoms with Crippen molar-refractivity contribution in [1.82, 2.24) is 5.43 Å². The van der Waals surface area contributed by atoms with Crippen molar-refractivity contribution in [3.05, 3.63) is 51.8 Å². The van der Waals surface area contributed by atoms with E-state index in [-0.39, 0.29) is 29.6 Å². The van der Waals surface area contributed by atoms with Gasteiger partial charge in [-0.2, -0.15) is 5.10 Å². The molecule has 0 unspecified atom stereocenters. The lowest BCUT2D eigenvalue weighted by Crippen LogP contribution is -2.16. The zero-order chi connectivity index (χ0) is 21.3.